The molecule has 0 atom stereocenters. The van der Waals surface area contributed by atoms with Crippen LogP contribution in [-0.2, 0) is 4.79 Å². The number of benzene rings is 2. The molecule has 0 aromatic heterocycles. The van der Waals surface area contributed by atoms with Crippen LogP contribution in [0, 0.1) is 0 Å². The van der Waals surface area contributed by atoms with Crippen LogP contribution in [0.3, 0.4) is 0 Å². The number of aliphatic imine (C=N–C) groups is 1. The predicted molar refractivity (Wildman–Crippen MR) is 111 cm³/mol. The van der Waals surface area contributed by atoms with Gasteiger partial charge in [0.15, 0.2) is 5.17 Å². The van der Waals surface area contributed by atoms with Gasteiger partial charge in [-0.25, -0.2) is 4.99 Å². The highest BCUT2D eigenvalue weighted by atomic mass is 35.5. The van der Waals surface area contributed by atoms with Gasteiger partial charge in [0.05, 0.1) is 23.8 Å². The first-order valence-corrected chi connectivity index (χ1v) is 9.73. The van der Waals surface area contributed by atoms with E-state index in [2.05, 4.69) is 10.3 Å². The zero-order valence-corrected chi connectivity index (χ0v) is 16.6. The van der Waals surface area contributed by atoms with Gasteiger partial charge in [0.1, 0.15) is 11.5 Å². The lowest BCUT2D eigenvalue weighted by molar-refractivity contribution is -0.115. The Bertz CT molecular complexity index is 895. The van der Waals surface area contributed by atoms with Crippen molar-refractivity contribution in [2.24, 2.45) is 4.99 Å². The summed E-state index contributed by atoms with van der Waals surface area (Å²) in [6.07, 6.45) is 1.80. The van der Waals surface area contributed by atoms with Crippen molar-refractivity contribution in [1.29, 1.82) is 0 Å². The monoisotopic (exact) mass is 402 g/mol. The van der Waals surface area contributed by atoms with Crippen LogP contribution in [-0.4, -0.2) is 24.3 Å². The van der Waals surface area contributed by atoms with Crippen molar-refractivity contribution in [1.82, 2.24) is 5.32 Å². The van der Waals surface area contributed by atoms with Crippen LogP contribution >= 0.6 is 23.4 Å². The van der Waals surface area contributed by atoms with Gasteiger partial charge in [0.2, 0.25) is 0 Å². The molecule has 0 radical (unpaired) electrons. The molecule has 7 heteroatoms. The Morgan fingerprint density at radius 2 is 1.85 bits per heavy atom. The summed E-state index contributed by atoms with van der Waals surface area (Å²) >= 11 is 7.17. The Labute approximate surface area is 167 Å². The molecule has 1 amide bonds. The molecule has 2 aromatic rings. The second-order valence-electron chi connectivity index (χ2n) is 5.52. The van der Waals surface area contributed by atoms with E-state index in [0.717, 1.165) is 17.0 Å². The number of nitrogens with one attached hydrogen (secondary N) is 1. The summed E-state index contributed by atoms with van der Waals surface area (Å²) in [7, 11) is 0. The predicted octanol–water partition coefficient (Wildman–Crippen LogP) is 5.03. The van der Waals surface area contributed by atoms with E-state index in [-0.39, 0.29) is 5.91 Å². The van der Waals surface area contributed by atoms with E-state index in [4.69, 9.17) is 21.1 Å². The van der Waals surface area contributed by atoms with Crippen LogP contribution in [0.15, 0.2) is 52.4 Å². The largest absolute Gasteiger partial charge is 0.494 e. The average molecular weight is 403 g/mol. The highest BCUT2D eigenvalue weighted by Crippen LogP contribution is 2.32. The van der Waals surface area contributed by atoms with E-state index in [9.17, 15) is 4.79 Å². The molecule has 1 saturated heterocycles. The molecule has 1 aliphatic rings. The first kappa shape index (κ1) is 19.3. The molecule has 1 fully saturated rings. The topological polar surface area (TPSA) is 59.9 Å². The molecule has 3 rings (SSSR count). The fraction of sp³-hybridized carbons (Fsp3) is 0.200. The molecule has 2 aromatic carbocycles. The van der Waals surface area contributed by atoms with Gasteiger partial charge in [-0.1, -0.05) is 11.6 Å². The van der Waals surface area contributed by atoms with Crippen LogP contribution in [0.5, 0.6) is 11.5 Å². The molecule has 0 aliphatic carbocycles. The maximum atomic E-state index is 12.3. The van der Waals surface area contributed by atoms with Gasteiger partial charge < -0.3 is 14.8 Å². The van der Waals surface area contributed by atoms with Crippen molar-refractivity contribution in [2.45, 2.75) is 13.8 Å². The molecule has 0 saturated carbocycles. The van der Waals surface area contributed by atoms with Gasteiger partial charge in [-0.3, -0.25) is 4.79 Å². The van der Waals surface area contributed by atoms with Crippen molar-refractivity contribution < 1.29 is 14.3 Å². The molecule has 1 N–H and O–H groups in total. The number of carbonyl (C=O) groups excluding carboxylic acids is 1. The van der Waals surface area contributed by atoms with Crippen LogP contribution in [0.4, 0.5) is 5.69 Å². The van der Waals surface area contributed by atoms with Gasteiger partial charge in [-0.05, 0) is 68.1 Å². The Morgan fingerprint density at radius 3 is 2.56 bits per heavy atom. The number of amidine groups is 1. The molecule has 27 heavy (non-hydrogen) atoms. The summed E-state index contributed by atoms with van der Waals surface area (Å²) in [6.45, 7) is 4.94. The summed E-state index contributed by atoms with van der Waals surface area (Å²) < 4.78 is 11.2. The fourth-order valence-electron chi connectivity index (χ4n) is 2.43. The number of halogens is 1. The maximum absolute atomic E-state index is 12.3. The van der Waals surface area contributed by atoms with Crippen LogP contribution in [0.1, 0.15) is 19.4 Å². The Morgan fingerprint density at radius 1 is 1.11 bits per heavy atom. The Kier molecular flexibility index (Phi) is 6.42. The van der Waals surface area contributed by atoms with Gasteiger partial charge in [0.25, 0.3) is 5.91 Å². The highest BCUT2D eigenvalue weighted by molar-refractivity contribution is 8.18. The van der Waals surface area contributed by atoms with Gasteiger partial charge in [0, 0.05) is 16.7 Å². The molecular formula is C20H19ClN2O3S. The first-order valence-electron chi connectivity index (χ1n) is 8.54. The van der Waals surface area contributed by atoms with E-state index < -0.39 is 0 Å². The number of thioether (sulfide) groups is 1. The minimum absolute atomic E-state index is 0.191. The van der Waals surface area contributed by atoms with E-state index in [1.807, 2.05) is 32.0 Å². The van der Waals surface area contributed by atoms with E-state index >= 15 is 0 Å². The molecule has 0 unspecified atom stereocenters. The second-order valence-corrected chi connectivity index (χ2v) is 6.99. The number of ether oxygens (including phenoxy) is 2. The zero-order chi connectivity index (χ0) is 19.2. The number of hydrogen-bond acceptors (Lipinski definition) is 5. The lowest BCUT2D eigenvalue weighted by atomic mass is 10.1. The Balaban J connectivity index is 1.84. The van der Waals surface area contributed by atoms with Crippen LogP contribution in [0.25, 0.3) is 6.08 Å². The van der Waals surface area contributed by atoms with Crippen LogP contribution < -0.4 is 14.8 Å². The van der Waals surface area contributed by atoms with Crippen molar-refractivity contribution in [3.63, 3.8) is 0 Å². The molecular weight excluding hydrogens is 384 g/mol. The van der Waals surface area contributed by atoms with Crippen molar-refractivity contribution in [3.8, 4) is 11.5 Å². The number of nitrogens with zero attached hydrogens (tertiary/aromatic N) is 1. The molecule has 5 nitrogen and oxygen atoms in total. The number of amides is 1. The van der Waals surface area contributed by atoms with Crippen molar-refractivity contribution in [2.75, 3.05) is 13.2 Å². The van der Waals surface area contributed by atoms with E-state index in [1.54, 1.807) is 30.3 Å². The Hall–Kier alpha value is -2.44. The quantitative estimate of drug-likeness (QED) is 0.688. The zero-order valence-electron chi connectivity index (χ0n) is 15.0. The third-order valence-corrected chi connectivity index (χ3v) is 4.75. The third kappa shape index (κ3) is 5.05. The number of rotatable bonds is 6. The summed E-state index contributed by atoms with van der Waals surface area (Å²) in [4.78, 5) is 17.3. The molecule has 0 spiro atoms. The summed E-state index contributed by atoms with van der Waals surface area (Å²) in [6, 6.07) is 12.7. The molecule has 140 valence electrons. The summed E-state index contributed by atoms with van der Waals surface area (Å²) in [5.74, 6) is 1.22. The highest BCUT2D eigenvalue weighted by Gasteiger charge is 2.24. The molecule has 1 aliphatic heterocycles. The average Bonchev–Trinajstić information content (AvgIpc) is 2.99. The molecule has 1 heterocycles. The standard InChI is InChI=1S/C20H19ClN2O3S/c1-3-25-16-10-5-13(17(12-16)26-4-2)11-18-19(24)23-20(27-18)22-15-8-6-14(21)7-9-15/h5-12H,3-4H2,1-2H3,(H,22,23,24). The first-order chi connectivity index (χ1) is 13.1. The van der Waals surface area contributed by atoms with E-state index in [0.29, 0.717) is 34.1 Å². The maximum Gasteiger partial charge on any atom is 0.264 e. The molecule has 0 bridgehead atoms. The van der Waals surface area contributed by atoms with Gasteiger partial charge in [-0.15, -0.1) is 0 Å². The summed E-state index contributed by atoms with van der Waals surface area (Å²) in [5.41, 5.74) is 1.53. The minimum atomic E-state index is -0.191. The van der Waals surface area contributed by atoms with Gasteiger partial charge in [-0.2, -0.15) is 0 Å². The lowest BCUT2D eigenvalue weighted by Crippen LogP contribution is -2.19. The SMILES string of the molecule is CCOc1ccc(C=C2SC(=Nc3ccc(Cl)cc3)NC2=O)c(OCC)c1. The van der Waals surface area contributed by atoms with Crippen LogP contribution in [0.2, 0.25) is 5.02 Å². The number of carbonyl (C=O) groups is 1. The second kappa shape index (κ2) is 8.97. The van der Waals surface area contributed by atoms with E-state index in [1.165, 1.54) is 11.8 Å². The smallest absolute Gasteiger partial charge is 0.264 e. The summed E-state index contributed by atoms with van der Waals surface area (Å²) in [5, 5.41) is 3.94. The normalized spacial score (nSPS) is 16.6. The lowest BCUT2D eigenvalue weighted by Gasteiger charge is -2.10. The fourth-order valence-corrected chi connectivity index (χ4v) is 3.38. The van der Waals surface area contributed by atoms with Gasteiger partial charge >= 0.3 is 0 Å². The number of hydrogen-bond donors (Lipinski definition) is 1. The van der Waals surface area contributed by atoms with Crippen molar-refractivity contribution in [3.05, 3.63) is 58.0 Å². The third-order valence-electron chi connectivity index (χ3n) is 3.59. The van der Waals surface area contributed by atoms with Crippen molar-refractivity contribution >= 4 is 46.2 Å². The minimum Gasteiger partial charge on any atom is -0.494 e.